The fraction of sp³-hybridized carbons (Fsp3) is 0.185. The number of hydrogen-bond acceptors (Lipinski definition) is 5. The van der Waals surface area contributed by atoms with Crippen LogP contribution in [-0.4, -0.2) is 37.1 Å². The molecule has 0 bridgehead atoms. The van der Waals surface area contributed by atoms with Gasteiger partial charge < -0.3 is 9.64 Å². The van der Waals surface area contributed by atoms with Gasteiger partial charge in [-0.2, -0.15) is 23.3 Å². The Kier molecular flexibility index (Phi) is 7.66. The van der Waals surface area contributed by atoms with Crippen LogP contribution in [0.3, 0.4) is 0 Å². The van der Waals surface area contributed by atoms with Crippen molar-refractivity contribution in [1.82, 2.24) is 0 Å². The number of carbonyl (C=O) groups is 3. The van der Waals surface area contributed by atoms with Gasteiger partial charge in [0, 0.05) is 18.7 Å². The van der Waals surface area contributed by atoms with Crippen LogP contribution in [0.25, 0.3) is 0 Å². The molecule has 3 aromatic carbocycles. The average molecular weight is 509 g/mol. The van der Waals surface area contributed by atoms with Gasteiger partial charge in [0.1, 0.15) is 0 Å². The van der Waals surface area contributed by atoms with Crippen molar-refractivity contribution in [2.24, 2.45) is 5.10 Å². The first-order chi connectivity index (χ1) is 17.7. The lowest BCUT2D eigenvalue weighted by molar-refractivity contribution is -0.137. The minimum atomic E-state index is -4.62. The number of anilines is 2. The molecule has 3 aromatic rings. The molecule has 2 amide bonds. The van der Waals surface area contributed by atoms with Crippen LogP contribution in [0.4, 0.5) is 24.5 Å². The Labute approximate surface area is 210 Å². The zero-order chi connectivity index (χ0) is 26.4. The Bertz CT molecular complexity index is 1310. The number of benzene rings is 3. The van der Waals surface area contributed by atoms with Crippen LogP contribution < -0.4 is 9.91 Å². The summed E-state index contributed by atoms with van der Waals surface area (Å²) in [5, 5.41) is 4.82. The second-order valence-corrected chi connectivity index (χ2v) is 8.18. The number of alkyl halides is 3. The normalized spacial score (nSPS) is 13.7. The summed E-state index contributed by atoms with van der Waals surface area (Å²) in [6.45, 7) is -0.153. The molecule has 7 nitrogen and oxygen atoms in total. The quantitative estimate of drug-likeness (QED) is 0.254. The number of carbonyl (C=O) groups excluding carboxylic acids is 3. The molecule has 0 radical (unpaired) electrons. The van der Waals surface area contributed by atoms with Crippen molar-refractivity contribution in [2.45, 2.75) is 19.0 Å². The van der Waals surface area contributed by atoms with Crippen LogP contribution in [-0.2, 0) is 20.5 Å². The summed E-state index contributed by atoms with van der Waals surface area (Å²) in [5.74, 6) is -1.64. The highest BCUT2D eigenvalue weighted by molar-refractivity contribution is 5.99. The monoisotopic (exact) mass is 509 g/mol. The molecule has 10 heteroatoms. The summed E-state index contributed by atoms with van der Waals surface area (Å²) < 4.78 is 44.8. The molecule has 0 aliphatic carbocycles. The Hall–Kier alpha value is -4.47. The van der Waals surface area contributed by atoms with E-state index in [4.69, 9.17) is 4.74 Å². The lowest BCUT2D eigenvalue weighted by Gasteiger charge is -2.19. The van der Waals surface area contributed by atoms with Crippen molar-refractivity contribution in [2.75, 3.05) is 23.1 Å². The van der Waals surface area contributed by atoms with Crippen molar-refractivity contribution in [3.8, 4) is 0 Å². The molecule has 1 saturated heterocycles. The highest BCUT2D eigenvalue weighted by Gasteiger charge is 2.31. The van der Waals surface area contributed by atoms with Gasteiger partial charge in [0.15, 0.2) is 6.61 Å². The maximum absolute atomic E-state index is 13.2. The third-order valence-corrected chi connectivity index (χ3v) is 5.59. The minimum absolute atomic E-state index is 0.00617. The van der Waals surface area contributed by atoms with Crippen molar-refractivity contribution in [1.29, 1.82) is 0 Å². The summed E-state index contributed by atoms with van der Waals surface area (Å²) in [4.78, 5) is 39.0. The molecular weight excluding hydrogens is 487 g/mol. The van der Waals surface area contributed by atoms with E-state index in [1.807, 2.05) is 0 Å². The van der Waals surface area contributed by atoms with Gasteiger partial charge in [-0.25, -0.2) is 4.79 Å². The van der Waals surface area contributed by atoms with Crippen LogP contribution in [0.1, 0.15) is 34.3 Å². The topological polar surface area (TPSA) is 79.3 Å². The van der Waals surface area contributed by atoms with Crippen molar-refractivity contribution >= 4 is 35.4 Å². The van der Waals surface area contributed by atoms with Crippen LogP contribution >= 0.6 is 0 Å². The predicted molar refractivity (Wildman–Crippen MR) is 131 cm³/mol. The molecule has 1 aliphatic heterocycles. The van der Waals surface area contributed by atoms with Gasteiger partial charge in [0.2, 0.25) is 5.91 Å². The maximum Gasteiger partial charge on any atom is 0.416 e. The Balaban J connectivity index is 1.49. The number of halogens is 3. The van der Waals surface area contributed by atoms with E-state index in [0.717, 1.165) is 29.6 Å². The lowest BCUT2D eigenvalue weighted by Crippen LogP contribution is -2.31. The predicted octanol–water partition coefficient (Wildman–Crippen LogP) is 5.06. The maximum atomic E-state index is 13.2. The molecule has 0 aromatic heterocycles. The molecule has 0 saturated carbocycles. The van der Waals surface area contributed by atoms with Crippen molar-refractivity contribution in [3.05, 3.63) is 95.6 Å². The first-order valence-corrected chi connectivity index (χ1v) is 11.4. The summed E-state index contributed by atoms with van der Waals surface area (Å²) in [7, 11) is 0. The molecule has 0 N–H and O–H groups in total. The number of hydrazone groups is 1. The first-order valence-electron chi connectivity index (χ1n) is 11.4. The number of nitrogens with zero attached hydrogens (tertiary/aromatic N) is 3. The zero-order valence-electron chi connectivity index (χ0n) is 19.5. The fourth-order valence-corrected chi connectivity index (χ4v) is 3.72. The molecule has 37 heavy (non-hydrogen) atoms. The van der Waals surface area contributed by atoms with Crippen LogP contribution in [0, 0.1) is 0 Å². The summed E-state index contributed by atoms with van der Waals surface area (Å²) in [5.41, 5.74) is 0.331. The second-order valence-electron chi connectivity index (χ2n) is 8.18. The molecular formula is C27H22F3N3O4. The van der Waals surface area contributed by atoms with Crippen LogP contribution in [0.5, 0.6) is 0 Å². The molecule has 0 unspecified atom stereocenters. The van der Waals surface area contributed by atoms with Crippen molar-refractivity contribution < 1.29 is 32.3 Å². The second kappa shape index (κ2) is 11.1. The van der Waals surface area contributed by atoms with Gasteiger partial charge in [0.05, 0.1) is 23.0 Å². The van der Waals surface area contributed by atoms with Gasteiger partial charge in [0.25, 0.3) is 5.91 Å². The lowest BCUT2D eigenvalue weighted by atomic mass is 10.2. The van der Waals surface area contributed by atoms with E-state index in [2.05, 4.69) is 5.10 Å². The van der Waals surface area contributed by atoms with E-state index in [-0.39, 0.29) is 17.2 Å². The number of amides is 2. The molecule has 190 valence electrons. The third-order valence-electron chi connectivity index (χ3n) is 5.59. The average Bonchev–Trinajstić information content (AvgIpc) is 3.33. The third kappa shape index (κ3) is 6.40. The van der Waals surface area contributed by atoms with Gasteiger partial charge >= 0.3 is 12.1 Å². The summed E-state index contributed by atoms with van der Waals surface area (Å²) >= 11 is 0. The standard InChI is InChI=1S/C27H22F3N3O4/c28-27(29,30)21-8-4-9-23(16-21)33(31-17-19-6-2-1-3-7-19)25(35)18-37-26(36)20-11-13-22(14-12-20)32-15-5-10-24(32)34/h1-4,6-9,11-14,16-17H,5,10,15,18H2/b31-17+. The highest BCUT2D eigenvalue weighted by atomic mass is 19.4. The SMILES string of the molecule is O=C(OCC(=O)N(/N=C/c1ccccc1)c1cccc(C(F)(F)F)c1)c1ccc(N2CCCC2=O)cc1. The van der Waals surface area contributed by atoms with Crippen molar-refractivity contribution in [3.63, 3.8) is 0 Å². The summed E-state index contributed by atoms with van der Waals surface area (Å²) in [6.07, 6.45) is -2.06. The summed E-state index contributed by atoms with van der Waals surface area (Å²) in [6, 6.07) is 19.0. The first kappa shape index (κ1) is 25.6. The van der Waals surface area contributed by atoms with E-state index >= 15 is 0 Å². The number of ether oxygens (including phenoxy) is 1. The molecule has 0 atom stereocenters. The van der Waals surface area contributed by atoms with E-state index in [9.17, 15) is 27.6 Å². The van der Waals surface area contributed by atoms with Crippen LogP contribution in [0.2, 0.25) is 0 Å². The molecule has 1 aliphatic rings. The smallest absolute Gasteiger partial charge is 0.416 e. The van der Waals surface area contributed by atoms with Gasteiger partial charge in [-0.3, -0.25) is 9.59 Å². The molecule has 0 spiro atoms. The van der Waals surface area contributed by atoms with E-state index in [1.54, 1.807) is 47.4 Å². The number of hydrogen-bond donors (Lipinski definition) is 0. The molecule has 4 rings (SSSR count). The van der Waals surface area contributed by atoms with E-state index in [0.29, 0.717) is 24.2 Å². The largest absolute Gasteiger partial charge is 0.452 e. The van der Waals surface area contributed by atoms with Gasteiger partial charge in [-0.15, -0.1) is 0 Å². The Morgan fingerprint density at radius 1 is 1.00 bits per heavy atom. The Morgan fingerprint density at radius 2 is 1.73 bits per heavy atom. The highest BCUT2D eigenvalue weighted by Crippen LogP contribution is 2.32. The van der Waals surface area contributed by atoms with Crippen LogP contribution in [0.15, 0.2) is 84.0 Å². The van der Waals surface area contributed by atoms with Gasteiger partial charge in [-0.05, 0) is 54.4 Å². The van der Waals surface area contributed by atoms with E-state index < -0.39 is 30.2 Å². The van der Waals surface area contributed by atoms with Gasteiger partial charge in [-0.1, -0.05) is 36.4 Å². The number of rotatable bonds is 7. The minimum Gasteiger partial charge on any atom is -0.452 e. The van der Waals surface area contributed by atoms with E-state index in [1.165, 1.54) is 24.4 Å². The number of esters is 1. The Morgan fingerprint density at radius 3 is 2.38 bits per heavy atom. The molecule has 1 fully saturated rings. The zero-order valence-corrected chi connectivity index (χ0v) is 19.5. The fourth-order valence-electron chi connectivity index (χ4n) is 3.72. The molecule has 1 heterocycles.